The van der Waals surface area contributed by atoms with E-state index in [0.29, 0.717) is 44.4 Å². The van der Waals surface area contributed by atoms with Crippen molar-refractivity contribution in [2.45, 2.75) is 20.0 Å². The van der Waals surface area contributed by atoms with Gasteiger partial charge in [0.15, 0.2) is 11.5 Å². The first-order valence-electron chi connectivity index (χ1n) is 11.3. The van der Waals surface area contributed by atoms with Crippen LogP contribution in [0.3, 0.4) is 0 Å². The first-order valence-corrected chi connectivity index (χ1v) is 11.3. The maximum atomic E-state index is 8.72. The van der Waals surface area contributed by atoms with E-state index in [1.165, 1.54) is 0 Å². The molecule has 0 spiro atoms. The van der Waals surface area contributed by atoms with Gasteiger partial charge in [-0.1, -0.05) is 23.8 Å². The van der Waals surface area contributed by atoms with Crippen LogP contribution in [0.15, 0.2) is 41.4 Å². The minimum Gasteiger partial charge on any atom is -0.398 e. The zero-order valence-corrected chi connectivity index (χ0v) is 19.6. The summed E-state index contributed by atoms with van der Waals surface area (Å²) in [6.07, 6.45) is 3.81. The van der Waals surface area contributed by atoms with E-state index in [1.54, 1.807) is 12.3 Å². The number of benzene rings is 1. The Morgan fingerprint density at radius 1 is 1.29 bits per heavy atom. The second-order valence-corrected chi connectivity index (χ2v) is 8.09. The Bertz CT molecular complexity index is 1250. The highest BCUT2D eigenvalue weighted by Crippen LogP contribution is 2.30. The third-order valence-electron chi connectivity index (χ3n) is 5.64. The van der Waals surface area contributed by atoms with Crippen LogP contribution in [0.1, 0.15) is 23.4 Å². The van der Waals surface area contributed by atoms with Crippen molar-refractivity contribution in [3.05, 3.63) is 53.4 Å². The Morgan fingerprint density at radius 2 is 2.12 bits per heavy atom. The number of nitrogens with two attached hydrogens (primary N) is 1. The highest BCUT2D eigenvalue weighted by molar-refractivity contribution is 5.90. The first kappa shape index (κ1) is 23.4. The van der Waals surface area contributed by atoms with Crippen molar-refractivity contribution in [2.75, 3.05) is 37.8 Å². The maximum Gasteiger partial charge on any atom is 0.164 e. The number of hydrogen-bond donors (Lipinski definition) is 1. The fourth-order valence-corrected chi connectivity index (χ4v) is 3.80. The van der Waals surface area contributed by atoms with E-state index >= 15 is 0 Å². The first-order chi connectivity index (χ1) is 16.6. The third-order valence-corrected chi connectivity index (χ3v) is 5.64. The second kappa shape index (κ2) is 10.9. The molecule has 1 fully saturated rings. The molecule has 2 aromatic heterocycles. The number of nitriles is 1. The molecule has 0 bridgehead atoms. The van der Waals surface area contributed by atoms with Crippen LogP contribution < -0.4 is 10.6 Å². The molecule has 9 nitrogen and oxygen atoms in total. The van der Waals surface area contributed by atoms with E-state index in [2.05, 4.69) is 16.0 Å². The van der Waals surface area contributed by atoms with Crippen LogP contribution in [0.5, 0.6) is 0 Å². The summed E-state index contributed by atoms with van der Waals surface area (Å²) in [6.45, 7) is 5.58. The number of nitrogens with zero attached hydrogens (tertiary/aromatic N) is 6. The number of morpholine rings is 1. The normalized spacial score (nSPS) is 14.7. The number of anilines is 1. The smallest absolute Gasteiger partial charge is 0.164 e. The van der Waals surface area contributed by atoms with E-state index in [4.69, 9.17) is 30.4 Å². The lowest BCUT2D eigenvalue weighted by atomic mass is 10.1. The highest BCUT2D eigenvalue weighted by Gasteiger charge is 2.20. The molecular formula is C25H29N7O2. The summed E-state index contributed by atoms with van der Waals surface area (Å²) in [4.78, 5) is 16.4. The van der Waals surface area contributed by atoms with Crippen molar-refractivity contribution in [1.29, 1.82) is 5.26 Å². The average molecular weight is 460 g/mol. The van der Waals surface area contributed by atoms with Gasteiger partial charge in [-0.15, -0.1) is 0 Å². The van der Waals surface area contributed by atoms with Gasteiger partial charge >= 0.3 is 0 Å². The molecular weight excluding hydrogens is 430 g/mol. The van der Waals surface area contributed by atoms with E-state index < -0.39 is 0 Å². The SMILES string of the molecule is Cc1cccc(/C(N)=C/C=Nc2cc(N3CCOCC3)c3nc(COCCC#N)n(C)c3n2)c1. The fraction of sp³-hybridized carbons (Fsp3) is 0.360. The molecule has 9 heteroatoms. The summed E-state index contributed by atoms with van der Waals surface area (Å²) >= 11 is 0. The molecule has 4 rings (SSSR count). The number of ether oxygens (including phenoxy) is 2. The molecule has 0 radical (unpaired) electrons. The van der Waals surface area contributed by atoms with Crippen molar-refractivity contribution >= 4 is 34.6 Å². The predicted octanol–water partition coefficient (Wildman–Crippen LogP) is 3.25. The van der Waals surface area contributed by atoms with Crippen molar-refractivity contribution in [2.24, 2.45) is 17.8 Å². The van der Waals surface area contributed by atoms with Gasteiger partial charge < -0.3 is 24.7 Å². The molecule has 1 aliphatic rings. The second-order valence-electron chi connectivity index (χ2n) is 8.09. The number of hydrogen-bond acceptors (Lipinski definition) is 8. The number of imidazole rings is 1. The highest BCUT2D eigenvalue weighted by atomic mass is 16.5. The Balaban J connectivity index is 1.66. The van der Waals surface area contributed by atoms with Gasteiger partial charge in [0.1, 0.15) is 17.9 Å². The fourth-order valence-electron chi connectivity index (χ4n) is 3.80. The summed E-state index contributed by atoms with van der Waals surface area (Å²) < 4.78 is 13.1. The van der Waals surface area contributed by atoms with Crippen LogP contribution in [0.2, 0.25) is 0 Å². The van der Waals surface area contributed by atoms with Crippen LogP contribution in [0.4, 0.5) is 11.5 Å². The van der Waals surface area contributed by atoms with E-state index in [1.807, 2.05) is 48.9 Å². The minimum atomic E-state index is 0.311. The average Bonchev–Trinajstić information content (AvgIpc) is 3.17. The molecule has 0 saturated carbocycles. The zero-order valence-electron chi connectivity index (χ0n) is 19.6. The Kier molecular flexibility index (Phi) is 7.52. The molecule has 0 aliphatic carbocycles. The van der Waals surface area contributed by atoms with Crippen molar-refractivity contribution < 1.29 is 9.47 Å². The monoisotopic (exact) mass is 459 g/mol. The standard InChI is InChI=1S/C25H29N7O2/c1-18-5-3-6-19(15-18)20(27)7-9-28-22-16-21(32-10-13-33-14-11-32)24-25(29-22)31(2)23(30-24)17-34-12-4-8-26/h3,5-7,9,15-16H,4,10-14,17,27H2,1-2H3/b20-7-,28-9?. The van der Waals surface area contributed by atoms with Crippen molar-refractivity contribution in [3.8, 4) is 6.07 Å². The Morgan fingerprint density at radius 3 is 2.88 bits per heavy atom. The number of aliphatic imine (C=N–C) groups is 1. The van der Waals surface area contributed by atoms with Crippen LogP contribution in [0.25, 0.3) is 16.9 Å². The molecule has 0 unspecified atom stereocenters. The van der Waals surface area contributed by atoms with E-state index in [-0.39, 0.29) is 0 Å². The molecule has 0 atom stereocenters. The summed E-state index contributed by atoms with van der Waals surface area (Å²) in [6, 6.07) is 12.1. The molecule has 3 aromatic rings. The maximum absolute atomic E-state index is 8.72. The number of rotatable bonds is 8. The molecule has 2 N–H and O–H groups in total. The summed E-state index contributed by atoms with van der Waals surface area (Å²) in [5, 5.41) is 8.72. The van der Waals surface area contributed by atoms with E-state index in [9.17, 15) is 0 Å². The molecule has 1 aliphatic heterocycles. The van der Waals surface area contributed by atoms with Crippen molar-refractivity contribution in [3.63, 3.8) is 0 Å². The topological polar surface area (TPSA) is 115 Å². The van der Waals surface area contributed by atoms with Gasteiger partial charge in [-0.3, -0.25) is 0 Å². The predicted molar refractivity (Wildman–Crippen MR) is 133 cm³/mol. The van der Waals surface area contributed by atoms with Gasteiger partial charge in [0, 0.05) is 38.1 Å². The quantitative estimate of drug-likeness (QED) is 0.406. The molecule has 3 heterocycles. The van der Waals surface area contributed by atoms with Gasteiger partial charge in [0.25, 0.3) is 0 Å². The molecule has 176 valence electrons. The number of fused-ring (bicyclic) bond motifs is 1. The van der Waals surface area contributed by atoms with Crippen LogP contribution in [-0.4, -0.2) is 53.7 Å². The number of aryl methyl sites for hydroxylation is 2. The van der Waals surface area contributed by atoms with Crippen LogP contribution >= 0.6 is 0 Å². The van der Waals surface area contributed by atoms with Gasteiger partial charge in [0.2, 0.25) is 0 Å². The van der Waals surface area contributed by atoms with E-state index in [0.717, 1.165) is 46.9 Å². The Hall–Kier alpha value is -3.74. The van der Waals surface area contributed by atoms with Crippen molar-refractivity contribution in [1.82, 2.24) is 14.5 Å². The number of pyridine rings is 1. The van der Waals surface area contributed by atoms with Gasteiger partial charge in [-0.25, -0.2) is 15.0 Å². The lowest BCUT2D eigenvalue weighted by molar-refractivity contribution is 0.119. The molecule has 0 amide bonds. The zero-order chi connectivity index (χ0) is 23.9. The Labute approximate surface area is 199 Å². The van der Waals surface area contributed by atoms with Gasteiger partial charge in [-0.05, 0) is 24.6 Å². The van der Waals surface area contributed by atoms with Gasteiger partial charge in [-0.2, -0.15) is 5.26 Å². The van der Waals surface area contributed by atoms with Crippen LogP contribution in [0, 0.1) is 18.3 Å². The lowest BCUT2D eigenvalue weighted by Crippen LogP contribution is -2.36. The summed E-state index contributed by atoms with van der Waals surface area (Å²) in [5.74, 6) is 1.32. The molecule has 34 heavy (non-hydrogen) atoms. The number of aromatic nitrogens is 3. The molecule has 1 saturated heterocycles. The summed E-state index contributed by atoms with van der Waals surface area (Å²) in [5.41, 5.74) is 11.5. The van der Waals surface area contributed by atoms with Gasteiger partial charge in [0.05, 0.1) is 38.0 Å². The lowest BCUT2D eigenvalue weighted by Gasteiger charge is -2.29. The van der Waals surface area contributed by atoms with Crippen LogP contribution in [-0.2, 0) is 23.1 Å². The minimum absolute atomic E-state index is 0.311. The molecule has 1 aromatic carbocycles. The number of allylic oxidation sites excluding steroid dienone is 1. The summed E-state index contributed by atoms with van der Waals surface area (Å²) in [7, 11) is 1.91. The third kappa shape index (κ3) is 5.42. The largest absolute Gasteiger partial charge is 0.398 e.